The molecule has 2 fully saturated rings. The molecule has 3 atom stereocenters. The SMILES string of the molecule is CCOC(=O)C1=C(CN2CCN3C(=S)N(CC(CC)C(=O)O)CC3C2)NC(c2nccs2)=NC1c1cccc(F)c1C. The van der Waals surface area contributed by atoms with Crippen LogP contribution in [0.25, 0.3) is 0 Å². The molecule has 10 nitrogen and oxygen atoms in total. The third-order valence-corrected chi connectivity index (χ3v) is 9.31. The molecule has 4 heterocycles. The molecule has 0 aliphatic carbocycles. The van der Waals surface area contributed by atoms with E-state index in [9.17, 15) is 19.1 Å². The summed E-state index contributed by atoms with van der Waals surface area (Å²) in [4.78, 5) is 40.9. The van der Waals surface area contributed by atoms with Gasteiger partial charge in [-0.2, -0.15) is 0 Å². The van der Waals surface area contributed by atoms with Gasteiger partial charge in [-0.3, -0.25) is 14.7 Å². The number of rotatable bonds is 10. The fourth-order valence-electron chi connectivity index (χ4n) is 5.77. The molecule has 2 aromatic rings. The standard InChI is InChI=1S/C29H35FN6O4S2/c1-4-18(27(37)38)13-35-15-19-14-34(10-11-36(19)29(35)41)16-22-23(28(39)40-5-2)24(20-7-6-8-21(30)17(20)3)33-25(32-22)26-31-9-12-42-26/h6-9,12,18-19,24H,4-5,10-11,13-16H2,1-3H3,(H,32,33)(H,37,38). The van der Waals surface area contributed by atoms with Gasteiger partial charge in [0.15, 0.2) is 16.0 Å². The molecule has 1 aromatic carbocycles. The Morgan fingerprint density at radius 1 is 1.29 bits per heavy atom. The predicted octanol–water partition coefficient (Wildman–Crippen LogP) is 3.20. The van der Waals surface area contributed by atoms with Gasteiger partial charge in [-0.1, -0.05) is 19.1 Å². The summed E-state index contributed by atoms with van der Waals surface area (Å²) in [7, 11) is 0. The molecule has 0 radical (unpaired) electrons. The van der Waals surface area contributed by atoms with Crippen molar-refractivity contribution in [1.29, 1.82) is 0 Å². The number of amidine groups is 1. The quantitative estimate of drug-likeness (QED) is 0.306. The number of aromatic nitrogens is 1. The molecule has 0 bridgehead atoms. The average Bonchev–Trinajstić information content (AvgIpc) is 3.61. The molecule has 224 valence electrons. The number of fused-ring (bicyclic) bond motifs is 1. The zero-order valence-corrected chi connectivity index (χ0v) is 25.5. The highest BCUT2D eigenvalue weighted by Gasteiger charge is 2.41. The molecule has 0 spiro atoms. The smallest absolute Gasteiger partial charge is 0.338 e. The Bertz CT molecular complexity index is 1410. The number of piperazine rings is 1. The number of esters is 1. The number of hydrogen-bond donors (Lipinski definition) is 2. The third kappa shape index (κ3) is 6.04. The molecule has 13 heteroatoms. The van der Waals surface area contributed by atoms with Crippen LogP contribution in [0.3, 0.4) is 0 Å². The van der Waals surface area contributed by atoms with Gasteiger partial charge in [0.05, 0.1) is 24.1 Å². The lowest BCUT2D eigenvalue weighted by atomic mass is 9.92. The highest BCUT2D eigenvalue weighted by Crippen LogP contribution is 2.36. The van der Waals surface area contributed by atoms with Crippen molar-refractivity contribution >= 4 is 46.4 Å². The van der Waals surface area contributed by atoms with Crippen molar-refractivity contribution in [2.75, 3.05) is 45.9 Å². The summed E-state index contributed by atoms with van der Waals surface area (Å²) in [5, 5.41) is 16.2. The van der Waals surface area contributed by atoms with Crippen molar-refractivity contribution in [2.45, 2.75) is 39.3 Å². The second kappa shape index (κ2) is 12.8. The maximum atomic E-state index is 14.7. The normalized spacial score (nSPS) is 21.6. The number of aliphatic carboxylic acids is 1. The molecule has 0 saturated carbocycles. The number of carbonyl (C=O) groups is 2. The van der Waals surface area contributed by atoms with E-state index in [1.165, 1.54) is 17.4 Å². The lowest BCUT2D eigenvalue weighted by Crippen LogP contribution is -2.53. The molecule has 3 aliphatic heterocycles. The highest BCUT2D eigenvalue weighted by molar-refractivity contribution is 7.80. The number of carboxylic acid groups (broad SMARTS) is 1. The van der Waals surface area contributed by atoms with Crippen molar-refractivity contribution in [3.63, 3.8) is 0 Å². The first-order valence-electron chi connectivity index (χ1n) is 14.1. The minimum atomic E-state index is -0.811. The van der Waals surface area contributed by atoms with Crippen LogP contribution in [-0.4, -0.2) is 99.6 Å². The number of nitrogens with one attached hydrogen (secondary N) is 1. The average molecular weight is 615 g/mol. The number of aliphatic imine (C=N–C) groups is 1. The van der Waals surface area contributed by atoms with Crippen LogP contribution in [0, 0.1) is 18.7 Å². The van der Waals surface area contributed by atoms with E-state index in [1.807, 2.05) is 17.2 Å². The number of nitrogens with zero attached hydrogens (tertiary/aromatic N) is 5. The number of hydrogen-bond acceptors (Lipinski definition) is 9. The summed E-state index contributed by atoms with van der Waals surface area (Å²) < 4.78 is 20.2. The Hall–Kier alpha value is -3.42. The molecule has 0 amide bonds. The molecule has 2 N–H and O–H groups in total. The first kappa shape index (κ1) is 30.1. The summed E-state index contributed by atoms with van der Waals surface area (Å²) >= 11 is 7.16. The Balaban J connectivity index is 1.45. The minimum Gasteiger partial charge on any atom is -0.481 e. The Morgan fingerprint density at radius 2 is 2.10 bits per heavy atom. The molecular formula is C29H35FN6O4S2. The summed E-state index contributed by atoms with van der Waals surface area (Å²) in [6.45, 7) is 9.01. The first-order chi connectivity index (χ1) is 20.2. The van der Waals surface area contributed by atoms with Gasteiger partial charge in [0.25, 0.3) is 0 Å². The summed E-state index contributed by atoms with van der Waals surface area (Å²) in [6, 6.07) is 4.15. The number of thiazole rings is 1. The van der Waals surface area contributed by atoms with E-state index in [-0.39, 0.29) is 18.5 Å². The third-order valence-electron chi connectivity index (χ3n) is 8.04. The number of ether oxygens (including phenoxy) is 1. The van der Waals surface area contributed by atoms with Crippen molar-refractivity contribution in [1.82, 2.24) is 25.0 Å². The lowest BCUT2D eigenvalue weighted by molar-refractivity contribution is -0.142. The van der Waals surface area contributed by atoms with Crippen molar-refractivity contribution in [2.24, 2.45) is 10.9 Å². The number of thiocarbonyl (C=S) groups is 1. The van der Waals surface area contributed by atoms with Gasteiger partial charge in [-0.05, 0) is 49.7 Å². The van der Waals surface area contributed by atoms with E-state index in [0.29, 0.717) is 84.0 Å². The zero-order chi connectivity index (χ0) is 30.0. The number of carbonyl (C=O) groups excluding carboxylic acids is 1. The van der Waals surface area contributed by atoms with E-state index in [0.717, 1.165) is 0 Å². The van der Waals surface area contributed by atoms with Crippen LogP contribution in [0.2, 0.25) is 0 Å². The minimum absolute atomic E-state index is 0.0983. The van der Waals surface area contributed by atoms with Crippen LogP contribution in [0.1, 0.15) is 42.4 Å². The maximum Gasteiger partial charge on any atom is 0.338 e. The van der Waals surface area contributed by atoms with Gasteiger partial charge in [0.2, 0.25) is 0 Å². The van der Waals surface area contributed by atoms with Crippen LogP contribution >= 0.6 is 23.6 Å². The van der Waals surface area contributed by atoms with Gasteiger partial charge >= 0.3 is 11.9 Å². The van der Waals surface area contributed by atoms with Crippen LogP contribution < -0.4 is 5.32 Å². The summed E-state index contributed by atoms with van der Waals surface area (Å²) in [5.41, 5.74) is 2.01. The topological polar surface area (TPSA) is 111 Å². The van der Waals surface area contributed by atoms with Crippen molar-refractivity contribution < 1.29 is 23.8 Å². The molecule has 1 aromatic heterocycles. The molecule has 2 saturated heterocycles. The summed E-state index contributed by atoms with van der Waals surface area (Å²) in [6.07, 6.45) is 2.23. The number of carboxylic acids is 1. The van der Waals surface area contributed by atoms with E-state index in [1.54, 1.807) is 32.2 Å². The fourth-order valence-corrected chi connectivity index (χ4v) is 6.75. The second-order valence-electron chi connectivity index (χ2n) is 10.6. The van der Waals surface area contributed by atoms with Crippen LogP contribution in [-0.2, 0) is 14.3 Å². The monoisotopic (exact) mass is 614 g/mol. The number of benzene rings is 1. The highest BCUT2D eigenvalue weighted by atomic mass is 32.1. The number of halogens is 1. The molecule has 3 aliphatic rings. The molecule has 42 heavy (non-hydrogen) atoms. The van der Waals surface area contributed by atoms with Crippen LogP contribution in [0.4, 0.5) is 4.39 Å². The van der Waals surface area contributed by atoms with Crippen molar-refractivity contribution in [3.05, 3.63) is 63.0 Å². The largest absolute Gasteiger partial charge is 0.481 e. The maximum absolute atomic E-state index is 14.7. The van der Waals surface area contributed by atoms with Gasteiger partial charge in [0, 0.05) is 56.5 Å². The van der Waals surface area contributed by atoms with Gasteiger partial charge in [-0.15, -0.1) is 11.3 Å². The van der Waals surface area contributed by atoms with Gasteiger partial charge in [-0.25, -0.2) is 14.2 Å². The lowest BCUT2D eigenvalue weighted by Gasteiger charge is -2.38. The zero-order valence-electron chi connectivity index (χ0n) is 23.9. The Kier molecular flexibility index (Phi) is 9.19. The molecule has 3 unspecified atom stereocenters. The van der Waals surface area contributed by atoms with E-state index < -0.39 is 23.9 Å². The van der Waals surface area contributed by atoms with Crippen molar-refractivity contribution in [3.8, 4) is 0 Å². The van der Waals surface area contributed by atoms with Gasteiger partial charge in [0.1, 0.15) is 11.9 Å². The first-order valence-corrected chi connectivity index (χ1v) is 15.4. The van der Waals surface area contributed by atoms with Crippen LogP contribution in [0.15, 0.2) is 46.0 Å². The fraction of sp³-hybridized carbons (Fsp3) is 0.483. The second-order valence-corrected chi connectivity index (χ2v) is 11.9. The molecule has 5 rings (SSSR count). The Labute approximate surface area is 253 Å². The van der Waals surface area contributed by atoms with Gasteiger partial charge < -0.3 is 25.0 Å². The van der Waals surface area contributed by atoms with E-state index >= 15 is 0 Å². The Morgan fingerprint density at radius 3 is 2.79 bits per heavy atom. The predicted molar refractivity (Wildman–Crippen MR) is 162 cm³/mol. The van der Waals surface area contributed by atoms with Crippen LogP contribution in [0.5, 0.6) is 0 Å². The molecular weight excluding hydrogens is 579 g/mol. The van der Waals surface area contributed by atoms with E-state index in [4.69, 9.17) is 21.9 Å². The summed E-state index contributed by atoms with van der Waals surface area (Å²) in [5.74, 6) is -1.63. The van der Waals surface area contributed by atoms with E-state index in [2.05, 4.69) is 20.1 Å².